The van der Waals surface area contributed by atoms with Gasteiger partial charge in [-0.3, -0.25) is 38.2 Å². The predicted octanol–water partition coefficient (Wildman–Crippen LogP) is 2.61. The molecule has 0 bridgehead atoms. The van der Waals surface area contributed by atoms with Gasteiger partial charge in [0.25, 0.3) is 11.8 Å². The summed E-state index contributed by atoms with van der Waals surface area (Å²) in [5.41, 5.74) is 0.842. The van der Waals surface area contributed by atoms with E-state index in [0.29, 0.717) is 308 Å². The van der Waals surface area contributed by atoms with Gasteiger partial charge in [-0.15, -0.1) is 0 Å². The van der Waals surface area contributed by atoms with E-state index in [2.05, 4.69) is 20.7 Å². The van der Waals surface area contributed by atoms with Crippen LogP contribution in [0, 0.1) is 23.3 Å². The molecule has 0 unspecified atom stereocenters. The van der Waals surface area contributed by atoms with Crippen LogP contribution in [-0.2, 0) is 161 Å². The van der Waals surface area contributed by atoms with Gasteiger partial charge in [0.05, 0.1) is 400 Å². The SMILES string of the molecule is CCOCCNC(=O)CCOCC[N+](CCOCCC(=O)NCCOCC)(CCOCCC(=O)NCCOCCOCCOCCOCCOCCOCCOCCOCCOCCOCCOCCOCCC(=O)Oc1c(F)c(F)cc(F)c1F)C(=O)CCOCCOCCOCCOCCOCCOCCOCCOCCOCCOCCOCCOCCN1C(=O)c2ccccc2C1=O. The molecule has 1 aliphatic rings. The molecule has 0 spiro atoms. The normalized spacial score (nSPS) is 12.1. The van der Waals surface area contributed by atoms with E-state index in [1.54, 1.807) is 24.3 Å². The Morgan fingerprint density at radius 3 is 0.737 bits per heavy atom. The van der Waals surface area contributed by atoms with Crippen LogP contribution in [0.2, 0.25) is 0 Å². The highest BCUT2D eigenvalue weighted by Crippen LogP contribution is 2.27. The summed E-state index contributed by atoms with van der Waals surface area (Å²) in [6.07, 6.45) is -0.0911. The lowest BCUT2D eigenvalue weighted by Crippen LogP contribution is -2.58. The molecule has 0 aromatic heterocycles. The number of amides is 6. The van der Waals surface area contributed by atoms with Gasteiger partial charge in [0.2, 0.25) is 35.1 Å². The van der Waals surface area contributed by atoms with Gasteiger partial charge in [-0.25, -0.2) is 13.6 Å². The number of benzene rings is 2. The third-order valence-electron chi connectivity index (χ3n) is 18.8. The van der Waals surface area contributed by atoms with Crippen molar-refractivity contribution in [2.75, 3.05) is 429 Å². The number of ether oxygens (including phenoxy) is 30. The second kappa shape index (κ2) is 92.1. The van der Waals surface area contributed by atoms with Gasteiger partial charge >= 0.3 is 11.9 Å². The summed E-state index contributed by atoms with van der Waals surface area (Å²) in [5.74, 6) is -11.0. The standard InChI is InChI=1S/C91H153F4N5O37/c1-3-108-26-14-96-82(101)9-21-110-30-18-100(19-31-111-22-10-83(102)97-15-27-109-4-2,85(104)12-24-113-33-37-117-41-45-121-49-53-125-57-61-129-65-69-133-74-76-136-72-68-132-64-60-128-56-52-124-48-44-120-40-36-116-29-17-99-90(106)78-7-5-6-8-79(78)91(99)107)20-32-112-23-11-84(103)98-16-28-115-35-39-119-43-47-123-51-55-127-59-63-131-67-71-135-75-73-134-70-66-130-62-58-126-54-50-122-46-42-118-38-34-114-25-13-86(105)137-89-87(94)80(92)77-81(93)88(89)95/h5-8,77H,3-4,9-76H2,1-2H3,(H2-,96,97,98,101,102,103)/p+1. The molecule has 46 heteroatoms. The van der Waals surface area contributed by atoms with Gasteiger partial charge in [0.15, 0.2) is 11.6 Å². The topological polar surface area (TPSA) is 436 Å². The minimum Gasteiger partial charge on any atom is -0.420 e. The molecule has 2 aromatic carbocycles. The highest BCUT2D eigenvalue weighted by atomic mass is 19.2. The van der Waals surface area contributed by atoms with Crippen LogP contribution in [0.25, 0.3) is 0 Å². The Labute approximate surface area is 802 Å². The quantitative estimate of drug-likeness (QED) is 0.0163. The number of fused-ring (bicyclic) bond motifs is 1. The van der Waals surface area contributed by atoms with E-state index in [1.165, 1.54) is 4.90 Å². The summed E-state index contributed by atoms with van der Waals surface area (Å²) in [4.78, 5) is 90.0. The molecule has 137 heavy (non-hydrogen) atoms. The van der Waals surface area contributed by atoms with Gasteiger partial charge in [-0.2, -0.15) is 8.78 Å². The molecule has 42 nitrogen and oxygen atoms in total. The molecule has 3 rings (SSSR count). The van der Waals surface area contributed by atoms with Crippen LogP contribution < -0.4 is 20.7 Å². The van der Waals surface area contributed by atoms with Gasteiger partial charge in [0.1, 0.15) is 19.6 Å². The number of carbonyl (C=O) groups excluding carboxylic acids is 7. The molecule has 0 saturated carbocycles. The first kappa shape index (κ1) is 125. The molecule has 0 aliphatic carbocycles. The zero-order valence-corrected chi connectivity index (χ0v) is 80.4. The van der Waals surface area contributed by atoms with Crippen LogP contribution >= 0.6 is 0 Å². The summed E-state index contributed by atoms with van der Waals surface area (Å²) < 4.78 is 220. The molecule has 792 valence electrons. The molecule has 2 aromatic rings. The molecule has 1 heterocycles. The van der Waals surface area contributed by atoms with Crippen molar-refractivity contribution in [2.45, 2.75) is 46.0 Å². The van der Waals surface area contributed by atoms with Crippen LogP contribution in [0.3, 0.4) is 0 Å². The van der Waals surface area contributed by atoms with E-state index in [0.717, 1.165) is 0 Å². The largest absolute Gasteiger partial charge is 0.420 e. The summed E-state index contributed by atoms with van der Waals surface area (Å²) in [7, 11) is 0. The maximum Gasteiger partial charge on any atom is 0.316 e. The molecule has 6 amide bonds. The number of nitrogens with zero attached hydrogens (tertiary/aromatic N) is 2. The predicted molar refractivity (Wildman–Crippen MR) is 481 cm³/mol. The van der Waals surface area contributed by atoms with E-state index in [4.69, 9.17) is 137 Å². The van der Waals surface area contributed by atoms with Gasteiger partial charge < -0.3 is 158 Å². The summed E-state index contributed by atoms with van der Waals surface area (Å²) >= 11 is 0. The van der Waals surface area contributed by atoms with Crippen LogP contribution in [0.4, 0.5) is 17.6 Å². The zero-order valence-electron chi connectivity index (χ0n) is 80.4. The fourth-order valence-corrected chi connectivity index (χ4v) is 11.6. The van der Waals surface area contributed by atoms with E-state index >= 15 is 0 Å². The van der Waals surface area contributed by atoms with Gasteiger partial charge in [-0.05, 0) is 26.0 Å². The number of esters is 1. The fraction of sp³-hybridized carbons (Fsp3) is 0.791. The third kappa shape index (κ3) is 70.9. The number of quaternary nitrogens is 1. The Morgan fingerprint density at radius 2 is 0.482 bits per heavy atom. The van der Waals surface area contributed by atoms with Crippen LogP contribution in [-0.4, -0.2) is 480 Å². The minimum absolute atomic E-state index is 0.0104. The number of hydrogen-bond donors (Lipinski definition) is 3. The molecular formula is C91H154F4N5O37+. The van der Waals surface area contributed by atoms with Crippen molar-refractivity contribution in [2.24, 2.45) is 0 Å². The summed E-state index contributed by atoms with van der Waals surface area (Å²) in [5, 5.41) is 8.43. The van der Waals surface area contributed by atoms with Gasteiger partial charge in [-0.1, -0.05) is 12.1 Å². The van der Waals surface area contributed by atoms with Crippen molar-refractivity contribution >= 4 is 41.4 Å². The number of imide groups is 1. The van der Waals surface area contributed by atoms with E-state index in [-0.39, 0.29) is 204 Å². The molecule has 0 saturated heterocycles. The summed E-state index contributed by atoms with van der Waals surface area (Å²) in [6, 6.07) is 6.78. The summed E-state index contributed by atoms with van der Waals surface area (Å²) in [6.45, 7) is 24.8. The number of rotatable bonds is 105. The second-order valence-corrected chi connectivity index (χ2v) is 29.0. The minimum atomic E-state index is -1.81. The highest BCUT2D eigenvalue weighted by Gasteiger charge is 2.37. The lowest BCUT2D eigenvalue weighted by atomic mass is 10.1. The first-order chi connectivity index (χ1) is 67.2. The number of carbonyl (C=O) groups is 7. The smallest absolute Gasteiger partial charge is 0.316 e. The Kier molecular flexibility index (Phi) is 83.9. The van der Waals surface area contributed by atoms with Crippen molar-refractivity contribution in [3.8, 4) is 5.75 Å². The lowest BCUT2D eigenvalue weighted by Gasteiger charge is -2.36. The zero-order chi connectivity index (χ0) is 98.5. The van der Waals surface area contributed by atoms with Gasteiger partial charge in [0, 0.05) is 58.2 Å². The Hall–Kier alpha value is -6.35. The Balaban J connectivity index is 1.13. The van der Waals surface area contributed by atoms with Crippen molar-refractivity contribution in [3.05, 3.63) is 64.7 Å². The molecule has 0 radical (unpaired) electrons. The van der Waals surface area contributed by atoms with E-state index in [1.807, 2.05) is 13.8 Å². The number of hydrogen-bond acceptors (Lipinski definition) is 37. The van der Waals surface area contributed by atoms with Crippen LogP contribution in [0.15, 0.2) is 30.3 Å². The highest BCUT2D eigenvalue weighted by molar-refractivity contribution is 6.21. The van der Waals surface area contributed by atoms with Crippen LogP contribution in [0.5, 0.6) is 5.75 Å². The average Bonchev–Trinajstić information content (AvgIpc) is 1.64. The van der Waals surface area contributed by atoms with E-state index in [9.17, 15) is 51.1 Å². The first-order valence-corrected chi connectivity index (χ1v) is 47.2. The molecular weight excluding hydrogens is 1830 g/mol. The van der Waals surface area contributed by atoms with Crippen molar-refractivity contribution in [1.29, 1.82) is 0 Å². The monoisotopic (exact) mass is 1990 g/mol. The van der Waals surface area contributed by atoms with Crippen molar-refractivity contribution in [3.63, 3.8) is 0 Å². The third-order valence-corrected chi connectivity index (χ3v) is 18.8. The van der Waals surface area contributed by atoms with Crippen LogP contribution in [0.1, 0.15) is 66.7 Å². The molecule has 1 aliphatic heterocycles. The number of nitrogens with one attached hydrogen (secondary N) is 3. The average molecular weight is 1990 g/mol. The number of halogens is 4. The van der Waals surface area contributed by atoms with Crippen molar-refractivity contribution < 1.29 is 198 Å². The van der Waals surface area contributed by atoms with E-state index < -0.39 is 41.4 Å². The molecule has 3 N–H and O–H groups in total. The Morgan fingerprint density at radius 1 is 0.270 bits per heavy atom. The lowest BCUT2D eigenvalue weighted by molar-refractivity contribution is -0.856. The second-order valence-electron chi connectivity index (χ2n) is 29.0. The maximum absolute atomic E-state index is 14.4. The fourth-order valence-electron chi connectivity index (χ4n) is 11.6. The molecule has 0 fully saturated rings. The maximum atomic E-state index is 14.4. The molecule has 0 atom stereocenters. The first-order valence-electron chi connectivity index (χ1n) is 47.2. The Bertz CT molecular complexity index is 3180. The van der Waals surface area contributed by atoms with Crippen molar-refractivity contribution in [1.82, 2.24) is 20.9 Å².